The minimum absolute atomic E-state index is 0.173. The van der Waals surface area contributed by atoms with Crippen molar-refractivity contribution in [2.45, 2.75) is 0 Å². The van der Waals surface area contributed by atoms with Crippen molar-refractivity contribution in [3.63, 3.8) is 0 Å². The highest BCUT2D eigenvalue weighted by molar-refractivity contribution is 5.69. The fourth-order valence-corrected chi connectivity index (χ4v) is 1.39. The molecule has 0 atom stereocenters. The minimum Gasteiger partial charge on any atom is -0.504 e. The third-order valence-electron chi connectivity index (χ3n) is 2.16. The second-order valence-corrected chi connectivity index (χ2v) is 3.15. The van der Waals surface area contributed by atoms with Crippen molar-refractivity contribution in [1.29, 1.82) is 0 Å². The first kappa shape index (κ1) is 8.90. The Morgan fingerprint density at radius 1 is 1.36 bits per heavy atom. The summed E-state index contributed by atoms with van der Waals surface area (Å²) in [5.74, 6) is -0.0645. The highest BCUT2D eigenvalue weighted by Gasteiger charge is 2.16. The lowest BCUT2D eigenvalue weighted by molar-refractivity contribution is 0.312. The summed E-state index contributed by atoms with van der Waals surface area (Å²) < 4.78 is 5.28. The molecule has 1 heterocycles. The molecule has 0 saturated heterocycles. The molecule has 4 N–H and O–H groups in total. The highest BCUT2D eigenvalue weighted by atomic mass is 16.5. The van der Waals surface area contributed by atoms with Crippen molar-refractivity contribution < 1.29 is 14.9 Å². The lowest BCUT2D eigenvalue weighted by atomic mass is 10.1. The first-order valence-electron chi connectivity index (χ1n) is 4.29. The third kappa shape index (κ3) is 1.29. The standard InChI is InChI=1S/C10H11NO3/c11-4-6-3-7-1-2-8(12)9(13)10(7)14-5-6/h1-3,12-13H,4-5,11H2. The van der Waals surface area contributed by atoms with Gasteiger partial charge in [0.25, 0.3) is 0 Å². The molecule has 0 unspecified atom stereocenters. The lowest BCUT2D eigenvalue weighted by Gasteiger charge is -2.18. The predicted octanol–water partition coefficient (Wildman–Crippen LogP) is 0.832. The number of hydrogen-bond donors (Lipinski definition) is 3. The van der Waals surface area contributed by atoms with Gasteiger partial charge in [0.15, 0.2) is 11.5 Å². The van der Waals surface area contributed by atoms with E-state index in [4.69, 9.17) is 10.5 Å². The van der Waals surface area contributed by atoms with Gasteiger partial charge in [0.1, 0.15) is 6.61 Å². The van der Waals surface area contributed by atoms with Crippen LogP contribution in [-0.4, -0.2) is 23.4 Å². The summed E-state index contributed by atoms with van der Waals surface area (Å²) in [5.41, 5.74) is 7.17. The van der Waals surface area contributed by atoms with E-state index in [-0.39, 0.29) is 11.5 Å². The molecule has 0 aliphatic carbocycles. The fourth-order valence-electron chi connectivity index (χ4n) is 1.39. The van der Waals surface area contributed by atoms with Crippen molar-refractivity contribution in [2.24, 2.45) is 5.73 Å². The summed E-state index contributed by atoms with van der Waals surface area (Å²) in [6.07, 6.45) is 1.86. The number of rotatable bonds is 1. The second kappa shape index (κ2) is 3.23. The molecular weight excluding hydrogens is 182 g/mol. The number of fused-ring (bicyclic) bond motifs is 1. The molecule has 0 aromatic heterocycles. The van der Waals surface area contributed by atoms with E-state index in [0.29, 0.717) is 18.9 Å². The van der Waals surface area contributed by atoms with E-state index in [1.165, 1.54) is 6.07 Å². The topological polar surface area (TPSA) is 75.7 Å². The summed E-state index contributed by atoms with van der Waals surface area (Å²) in [6.45, 7) is 0.793. The first-order valence-corrected chi connectivity index (χ1v) is 4.29. The van der Waals surface area contributed by atoms with E-state index in [1.54, 1.807) is 6.07 Å². The Kier molecular flexibility index (Phi) is 2.05. The van der Waals surface area contributed by atoms with Gasteiger partial charge < -0.3 is 20.7 Å². The van der Waals surface area contributed by atoms with Crippen LogP contribution in [0.5, 0.6) is 17.2 Å². The normalized spacial score (nSPS) is 14.2. The number of nitrogens with two attached hydrogens (primary N) is 1. The Morgan fingerprint density at radius 3 is 2.86 bits per heavy atom. The number of ether oxygens (including phenoxy) is 1. The van der Waals surface area contributed by atoms with Crippen LogP contribution in [0.25, 0.3) is 6.08 Å². The predicted molar refractivity (Wildman–Crippen MR) is 52.3 cm³/mol. The average molecular weight is 193 g/mol. The molecule has 1 aliphatic rings. The summed E-state index contributed by atoms with van der Waals surface area (Å²) in [5, 5.41) is 18.7. The van der Waals surface area contributed by atoms with E-state index in [0.717, 1.165) is 11.1 Å². The van der Waals surface area contributed by atoms with Gasteiger partial charge in [0.2, 0.25) is 5.75 Å². The van der Waals surface area contributed by atoms with Gasteiger partial charge in [-0.05, 0) is 23.8 Å². The van der Waals surface area contributed by atoms with Crippen molar-refractivity contribution in [3.05, 3.63) is 23.3 Å². The monoisotopic (exact) mass is 193 g/mol. The molecule has 0 bridgehead atoms. The van der Waals surface area contributed by atoms with Gasteiger partial charge in [0.05, 0.1) is 0 Å². The molecular formula is C10H11NO3. The van der Waals surface area contributed by atoms with Gasteiger partial charge in [-0.3, -0.25) is 0 Å². The van der Waals surface area contributed by atoms with Gasteiger partial charge in [-0.15, -0.1) is 0 Å². The SMILES string of the molecule is NCC1=Cc2ccc(O)c(O)c2OC1. The zero-order chi connectivity index (χ0) is 10.1. The number of phenolic OH excluding ortho intramolecular Hbond substituents is 2. The maximum absolute atomic E-state index is 9.47. The Morgan fingerprint density at radius 2 is 2.14 bits per heavy atom. The van der Waals surface area contributed by atoms with Gasteiger partial charge in [-0.2, -0.15) is 0 Å². The Bertz CT molecular complexity index is 399. The maximum atomic E-state index is 9.47. The number of aromatic hydroxyl groups is 2. The molecule has 1 aromatic rings. The zero-order valence-electron chi connectivity index (χ0n) is 7.53. The zero-order valence-corrected chi connectivity index (χ0v) is 7.53. The number of benzene rings is 1. The molecule has 0 fully saturated rings. The van der Waals surface area contributed by atoms with E-state index >= 15 is 0 Å². The van der Waals surface area contributed by atoms with Gasteiger partial charge in [-0.1, -0.05) is 0 Å². The molecule has 4 heteroatoms. The lowest BCUT2D eigenvalue weighted by Crippen LogP contribution is -2.14. The quantitative estimate of drug-likeness (QED) is 0.577. The Labute approximate surface area is 81.2 Å². The summed E-state index contributed by atoms with van der Waals surface area (Å²) in [6, 6.07) is 3.10. The van der Waals surface area contributed by atoms with Crippen molar-refractivity contribution in [2.75, 3.05) is 13.2 Å². The maximum Gasteiger partial charge on any atom is 0.201 e. The molecule has 1 aromatic carbocycles. The van der Waals surface area contributed by atoms with Crippen molar-refractivity contribution >= 4 is 6.08 Å². The molecule has 2 rings (SSSR count). The van der Waals surface area contributed by atoms with Crippen LogP contribution < -0.4 is 10.5 Å². The number of phenols is 2. The molecule has 4 nitrogen and oxygen atoms in total. The highest BCUT2D eigenvalue weighted by Crippen LogP contribution is 2.40. The molecule has 0 radical (unpaired) electrons. The van der Waals surface area contributed by atoms with Crippen LogP contribution in [0.3, 0.4) is 0 Å². The van der Waals surface area contributed by atoms with Crippen LogP contribution in [0, 0.1) is 0 Å². The van der Waals surface area contributed by atoms with Crippen molar-refractivity contribution in [3.8, 4) is 17.2 Å². The summed E-state index contributed by atoms with van der Waals surface area (Å²) >= 11 is 0. The Hall–Kier alpha value is -1.68. The van der Waals surface area contributed by atoms with E-state index in [2.05, 4.69) is 0 Å². The van der Waals surface area contributed by atoms with E-state index in [1.807, 2.05) is 6.08 Å². The molecule has 0 amide bonds. The smallest absolute Gasteiger partial charge is 0.201 e. The minimum atomic E-state index is -0.213. The fraction of sp³-hybridized carbons (Fsp3) is 0.200. The molecule has 74 valence electrons. The van der Waals surface area contributed by atoms with E-state index < -0.39 is 0 Å². The van der Waals surface area contributed by atoms with Crippen LogP contribution in [0.4, 0.5) is 0 Å². The van der Waals surface area contributed by atoms with E-state index in [9.17, 15) is 10.2 Å². The average Bonchev–Trinajstić information content (AvgIpc) is 2.23. The van der Waals surface area contributed by atoms with Crippen LogP contribution in [-0.2, 0) is 0 Å². The largest absolute Gasteiger partial charge is 0.504 e. The van der Waals surface area contributed by atoms with Gasteiger partial charge >= 0.3 is 0 Å². The third-order valence-corrected chi connectivity index (χ3v) is 2.16. The molecule has 1 aliphatic heterocycles. The Balaban J connectivity index is 2.51. The summed E-state index contributed by atoms with van der Waals surface area (Å²) in [4.78, 5) is 0. The molecule has 0 saturated carbocycles. The van der Waals surface area contributed by atoms with Crippen LogP contribution in [0.1, 0.15) is 5.56 Å². The molecule has 14 heavy (non-hydrogen) atoms. The number of hydrogen-bond acceptors (Lipinski definition) is 4. The summed E-state index contributed by atoms with van der Waals surface area (Å²) in [7, 11) is 0. The van der Waals surface area contributed by atoms with Gasteiger partial charge in [0, 0.05) is 12.1 Å². The van der Waals surface area contributed by atoms with Crippen molar-refractivity contribution in [1.82, 2.24) is 0 Å². The second-order valence-electron chi connectivity index (χ2n) is 3.15. The van der Waals surface area contributed by atoms with Crippen LogP contribution in [0.15, 0.2) is 17.7 Å². The van der Waals surface area contributed by atoms with Gasteiger partial charge in [-0.25, -0.2) is 0 Å². The van der Waals surface area contributed by atoms with Crippen LogP contribution in [0.2, 0.25) is 0 Å². The first-order chi connectivity index (χ1) is 6.72. The van der Waals surface area contributed by atoms with Crippen LogP contribution >= 0.6 is 0 Å². The molecule has 0 spiro atoms.